The quantitative estimate of drug-likeness (QED) is 0.782. The lowest BCUT2D eigenvalue weighted by Crippen LogP contribution is -2.06. The van der Waals surface area contributed by atoms with Gasteiger partial charge in [-0.25, -0.2) is 4.39 Å². The summed E-state index contributed by atoms with van der Waals surface area (Å²) in [5.41, 5.74) is 1.71. The van der Waals surface area contributed by atoms with Crippen LogP contribution in [0.15, 0.2) is 54.6 Å². The molecule has 1 atom stereocenters. The van der Waals surface area contributed by atoms with E-state index < -0.39 is 11.9 Å². The summed E-state index contributed by atoms with van der Waals surface area (Å²) >= 11 is 5.75. The van der Waals surface area contributed by atoms with Crippen LogP contribution in [0.4, 0.5) is 4.39 Å². The Morgan fingerprint density at radius 2 is 1.86 bits per heavy atom. The molecule has 0 amide bonds. The highest BCUT2D eigenvalue weighted by atomic mass is 35.5. The summed E-state index contributed by atoms with van der Waals surface area (Å²) in [6.07, 6.45) is -0.736. The number of aliphatic hydroxyl groups excluding tert-OH is 1. The maximum absolute atomic E-state index is 13.9. The second-order valence-electron chi connectivity index (χ2n) is 4.86. The molecule has 0 fully saturated rings. The van der Waals surface area contributed by atoms with Gasteiger partial charge in [0.2, 0.25) is 0 Å². The molecule has 4 heteroatoms. The van der Waals surface area contributed by atoms with Crippen molar-refractivity contribution >= 4 is 22.5 Å². The fourth-order valence-corrected chi connectivity index (χ4v) is 2.48. The first-order valence-corrected chi connectivity index (χ1v) is 6.99. The summed E-state index contributed by atoms with van der Waals surface area (Å²) in [7, 11) is 0. The van der Waals surface area contributed by atoms with Gasteiger partial charge in [0.25, 0.3) is 0 Å². The normalized spacial score (nSPS) is 12.5. The van der Waals surface area contributed by atoms with Crippen molar-refractivity contribution in [1.82, 2.24) is 4.98 Å². The molecule has 0 saturated carbocycles. The van der Waals surface area contributed by atoms with E-state index in [1.54, 1.807) is 18.2 Å². The largest absolute Gasteiger partial charge is 0.386 e. The third kappa shape index (κ3) is 2.89. The summed E-state index contributed by atoms with van der Waals surface area (Å²) in [5, 5.41) is 11.3. The molecular formula is C17H13ClFNO. The average Bonchev–Trinajstić information content (AvgIpc) is 2.51. The minimum atomic E-state index is -0.873. The average molecular weight is 302 g/mol. The van der Waals surface area contributed by atoms with Gasteiger partial charge in [-0.3, -0.25) is 4.98 Å². The molecule has 106 valence electrons. The van der Waals surface area contributed by atoms with Crippen LogP contribution < -0.4 is 0 Å². The molecule has 21 heavy (non-hydrogen) atoms. The predicted molar refractivity (Wildman–Crippen MR) is 81.8 cm³/mol. The van der Waals surface area contributed by atoms with Crippen molar-refractivity contribution in [3.05, 3.63) is 76.7 Å². The monoisotopic (exact) mass is 301 g/mol. The topological polar surface area (TPSA) is 33.1 Å². The number of aliphatic hydroxyl groups is 1. The van der Waals surface area contributed by atoms with Gasteiger partial charge in [0.1, 0.15) is 11.9 Å². The number of benzene rings is 2. The second-order valence-corrected chi connectivity index (χ2v) is 5.27. The van der Waals surface area contributed by atoms with Gasteiger partial charge < -0.3 is 5.11 Å². The van der Waals surface area contributed by atoms with Crippen LogP contribution in [0, 0.1) is 5.82 Å². The number of rotatable bonds is 3. The van der Waals surface area contributed by atoms with E-state index in [9.17, 15) is 9.50 Å². The van der Waals surface area contributed by atoms with Crippen LogP contribution in [-0.2, 0) is 6.42 Å². The number of hydrogen-bond acceptors (Lipinski definition) is 2. The number of pyridine rings is 1. The Kier molecular flexibility index (Phi) is 3.86. The Bertz CT molecular complexity index is 791. The molecule has 2 aromatic carbocycles. The minimum Gasteiger partial charge on any atom is -0.386 e. The summed E-state index contributed by atoms with van der Waals surface area (Å²) in [6.45, 7) is 0. The first-order valence-electron chi connectivity index (χ1n) is 6.62. The molecule has 0 bridgehead atoms. The van der Waals surface area contributed by atoms with Gasteiger partial charge in [-0.1, -0.05) is 48.0 Å². The van der Waals surface area contributed by atoms with Gasteiger partial charge in [0.05, 0.1) is 16.2 Å². The minimum absolute atomic E-state index is 0.0613. The molecule has 0 aliphatic rings. The van der Waals surface area contributed by atoms with Crippen LogP contribution >= 0.6 is 11.6 Å². The van der Waals surface area contributed by atoms with Gasteiger partial charge in [-0.15, -0.1) is 0 Å². The highest BCUT2D eigenvalue weighted by Gasteiger charge is 2.14. The Labute approximate surface area is 126 Å². The van der Waals surface area contributed by atoms with Crippen molar-refractivity contribution in [2.45, 2.75) is 12.5 Å². The van der Waals surface area contributed by atoms with Crippen LogP contribution in [0.2, 0.25) is 5.02 Å². The van der Waals surface area contributed by atoms with Crippen molar-refractivity contribution in [2.24, 2.45) is 0 Å². The molecule has 0 spiro atoms. The fraction of sp³-hybridized carbons (Fsp3) is 0.118. The van der Waals surface area contributed by atoms with E-state index in [-0.39, 0.29) is 11.4 Å². The first-order chi connectivity index (χ1) is 10.1. The van der Waals surface area contributed by atoms with E-state index in [0.717, 1.165) is 10.9 Å². The van der Waals surface area contributed by atoms with Gasteiger partial charge in [-0.2, -0.15) is 0 Å². The number of aromatic nitrogens is 1. The SMILES string of the molecule is OC(Cc1cccc(Cl)c1F)c1ccc2ccccc2n1. The van der Waals surface area contributed by atoms with Crippen molar-refractivity contribution in [3.63, 3.8) is 0 Å². The highest BCUT2D eigenvalue weighted by molar-refractivity contribution is 6.30. The number of hydrogen-bond donors (Lipinski definition) is 1. The predicted octanol–water partition coefficient (Wildman–Crippen LogP) is 4.30. The molecule has 1 N–H and O–H groups in total. The van der Waals surface area contributed by atoms with Gasteiger partial charge >= 0.3 is 0 Å². The maximum atomic E-state index is 13.9. The Balaban J connectivity index is 1.89. The molecule has 3 rings (SSSR count). The van der Waals surface area contributed by atoms with Crippen LogP contribution in [0.5, 0.6) is 0 Å². The molecule has 3 aromatic rings. The third-order valence-corrected chi connectivity index (χ3v) is 3.70. The molecule has 0 saturated heterocycles. The summed E-state index contributed by atoms with van der Waals surface area (Å²) in [6, 6.07) is 16.1. The van der Waals surface area contributed by atoms with Crippen molar-refractivity contribution in [2.75, 3.05) is 0 Å². The van der Waals surface area contributed by atoms with E-state index >= 15 is 0 Å². The molecular weight excluding hydrogens is 289 g/mol. The first kappa shape index (κ1) is 14.0. The smallest absolute Gasteiger partial charge is 0.145 e. The zero-order valence-electron chi connectivity index (χ0n) is 11.1. The van der Waals surface area contributed by atoms with E-state index in [1.165, 1.54) is 6.07 Å². The molecule has 0 radical (unpaired) electrons. The molecule has 0 aliphatic heterocycles. The Hall–Kier alpha value is -1.97. The van der Waals surface area contributed by atoms with E-state index in [4.69, 9.17) is 11.6 Å². The van der Waals surface area contributed by atoms with Crippen molar-refractivity contribution in [1.29, 1.82) is 0 Å². The summed E-state index contributed by atoms with van der Waals surface area (Å²) in [4.78, 5) is 4.42. The zero-order chi connectivity index (χ0) is 14.8. The Morgan fingerprint density at radius 3 is 2.71 bits per heavy atom. The van der Waals surface area contributed by atoms with Crippen LogP contribution in [0.3, 0.4) is 0 Å². The maximum Gasteiger partial charge on any atom is 0.145 e. The number of nitrogens with zero attached hydrogens (tertiary/aromatic N) is 1. The molecule has 1 aromatic heterocycles. The van der Waals surface area contributed by atoms with Gasteiger partial charge in [-0.05, 0) is 23.8 Å². The van der Waals surface area contributed by atoms with E-state index in [1.807, 2.05) is 30.3 Å². The zero-order valence-corrected chi connectivity index (χ0v) is 11.9. The molecule has 0 aliphatic carbocycles. The summed E-state index contributed by atoms with van der Waals surface area (Å²) < 4.78 is 13.9. The van der Waals surface area contributed by atoms with Crippen LogP contribution in [0.1, 0.15) is 17.4 Å². The second kappa shape index (κ2) is 5.80. The molecule has 2 nitrogen and oxygen atoms in total. The number of fused-ring (bicyclic) bond motifs is 1. The van der Waals surface area contributed by atoms with E-state index in [0.29, 0.717) is 11.3 Å². The van der Waals surface area contributed by atoms with Gasteiger partial charge in [0, 0.05) is 11.8 Å². The van der Waals surface area contributed by atoms with Crippen LogP contribution in [-0.4, -0.2) is 10.1 Å². The molecule has 1 heterocycles. The lowest BCUT2D eigenvalue weighted by molar-refractivity contribution is 0.172. The lowest BCUT2D eigenvalue weighted by atomic mass is 10.0. The Morgan fingerprint density at radius 1 is 1.05 bits per heavy atom. The van der Waals surface area contributed by atoms with Crippen molar-refractivity contribution < 1.29 is 9.50 Å². The third-order valence-electron chi connectivity index (χ3n) is 3.41. The van der Waals surface area contributed by atoms with Crippen molar-refractivity contribution in [3.8, 4) is 0 Å². The highest BCUT2D eigenvalue weighted by Crippen LogP contribution is 2.24. The van der Waals surface area contributed by atoms with Gasteiger partial charge in [0.15, 0.2) is 0 Å². The lowest BCUT2D eigenvalue weighted by Gasteiger charge is -2.12. The molecule has 1 unspecified atom stereocenters. The number of para-hydroxylation sites is 1. The van der Waals surface area contributed by atoms with Crippen LogP contribution in [0.25, 0.3) is 10.9 Å². The van der Waals surface area contributed by atoms with E-state index in [2.05, 4.69) is 4.98 Å². The fourth-order valence-electron chi connectivity index (χ4n) is 2.29. The standard InChI is InChI=1S/C17H13ClFNO/c18-13-6-3-5-12(17(13)19)10-16(21)15-9-8-11-4-1-2-7-14(11)20-15/h1-9,16,21H,10H2. The summed E-state index contributed by atoms with van der Waals surface area (Å²) in [5.74, 6) is -0.487. The number of halogens is 2.